The van der Waals surface area contributed by atoms with E-state index in [-0.39, 0.29) is 5.91 Å². The van der Waals surface area contributed by atoms with Gasteiger partial charge < -0.3 is 15.6 Å². The first kappa shape index (κ1) is 18.7. The summed E-state index contributed by atoms with van der Waals surface area (Å²) in [6.07, 6.45) is 5.00. The molecule has 146 valence electrons. The minimum absolute atomic E-state index is 0.0456. The number of amides is 1. The summed E-state index contributed by atoms with van der Waals surface area (Å²) >= 11 is 0. The summed E-state index contributed by atoms with van der Waals surface area (Å²) in [5.74, 6) is 0.747. The number of fused-ring (bicyclic) bond motifs is 1. The van der Waals surface area contributed by atoms with Gasteiger partial charge in [0.2, 0.25) is 5.91 Å². The van der Waals surface area contributed by atoms with Crippen LogP contribution in [0.4, 0.5) is 11.5 Å². The van der Waals surface area contributed by atoms with Gasteiger partial charge in [-0.2, -0.15) is 0 Å². The molecule has 5 nitrogen and oxygen atoms in total. The predicted octanol–water partition coefficient (Wildman–Crippen LogP) is 4.71. The Kier molecular flexibility index (Phi) is 5.56. The smallest absolute Gasteiger partial charge is 0.228 e. The van der Waals surface area contributed by atoms with E-state index in [2.05, 4.69) is 45.0 Å². The van der Waals surface area contributed by atoms with Crippen molar-refractivity contribution in [2.75, 3.05) is 17.2 Å². The zero-order valence-corrected chi connectivity index (χ0v) is 16.4. The zero-order valence-electron chi connectivity index (χ0n) is 16.4. The van der Waals surface area contributed by atoms with Crippen LogP contribution in [0, 0.1) is 6.92 Å². The Morgan fingerprint density at radius 2 is 1.86 bits per heavy atom. The Labute approximate surface area is 170 Å². The van der Waals surface area contributed by atoms with Crippen LogP contribution in [0.5, 0.6) is 0 Å². The lowest BCUT2D eigenvalue weighted by molar-refractivity contribution is -0.115. The maximum atomic E-state index is 12.2. The van der Waals surface area contributed by atoms with Crippen molar-refractivity contribution in [3.05, 3.63) is 89.7 Å². The van der Waals surface area contributed by atoms with Crippen LogP contribution in [-0.4, -0.2) is 22.4 Å². The van der Waals surface area contributed by atoms with Crippen molar-refractivity contribution in [3.8, 4) is 0 Å². The molecule has 4 aromatic rings. The van der Waals surface area contributed by atoms with E-state index in [0.717, 1.165) is 29.9 Å². The molecule has 1 amide bonds. The molecule has 4 rings (SSSR count). The summed E-state index contributed by atoms with van der Waals surface area (Å²) in [5, 5.41) is 7.49. The molecule has 2 heterocycles. The summed E-state index contributed by atoms with van der Waals surface area (Å²) in [4.78, 5) is 19.9. The zero-order chi connectivity index (χ0) is 20.1. The van der Waals surface area contributed by atoms with Crippen LogP contribution in [0.2, 0.25) is 0 Å². The highest BCUT2D eigenvalue weighted by Gasteiger charge is 2.06. The SMILES string of the molecule is Cc1ccc(CC(=O)Nc2ccc(NCCc3c[nH]c4ccccc34)nc2)cc1. The molecule has 0 aliphatic carbocycles. The van der Waals surface area contributed by atoms with Gasteiger partial charge in [-0.15, -0.1) is 0 Å². The molecular formula is C24H24N4O. The second-order valence-corrected chi connectivity index (χ2v) is 7.18. The topological polar surface area (TPSA) is 69.8 Å². The molecule has 0 saturated carbocycles. The van der Waals surface area contributed by atoms with Crippen molar-refractivity contribution >= 4 is 28.3 Å². The molecule has 0 unspecified atom stereocenters. The van der Waals surface area contributed by atoms with E-state index in [9.17, 15) is 4.79 Å². The van der Waals surface area contributed by atoms with Crippen molar-refractivity contribution in [3.63, 3.8) is 0 Å². The van der Waals surface area contributed by atoms with E-state index >= 15 is 0 Å². The minimum atomic E-state index is -0.0456. The number of rotatable bonds is 7. The summed E-state index contributed by atoms with van der Waals surface area (Å²) in [6.45, 7) is 2.82. The van der Waals surface area contributed by atoms with E-state index in [1.165, 1.54) is 16.5 Å². The van der Waals surface area contributed by atoms with Crippen LogP contribution in [0.25, 0.3) is 10.9 Å². The number of para-hydroxylation sites is 1. The van der Waals surface area contributed by atoms with Crippen molar-refractivity contribution in [1.29, 1.82) is 0 Å². The van der Waals surface area contributed by atoms with Crippen LogP contribution < -0.4 is 10.6 Å². The van der Waals surface area contributed by atoms with Crippen LogP contribution in [-0.2, 0) is 17.6 Å². The third kappa shape index (κ3) is 4.82. The number of carbonyl (C=O) groups is 1. The quantitative estimate of drug-likeness (QED) is 0.432. The lowest BCUT2D eigenvalue weighted by Gasteiger charge is -2.08. The molecule has 0 aliphatic rings. The molecule has 0 saturated heterocycles. The average molecular weight is 384 g/mol. The number of aromatic amines is 1. The van der Waals surface area contributed by atoms with Gasteiger partial charge in [0.25, 0.3) is 0 Å². The molecule has 0 aliphatic heterocycles. The number of pyridine rings is 1. The monoisotopic (exact) mass is 384 g/mol. The Hall–Kier alpha value is -3.60. The van der Waals surface area contributed by atoms with Crippen molar-refractivity contribution in [1.82, 2.24) is 9.97 Å². The molecule has 0 bridgehead atoms. The second kappa shape index (κ2) is 8.61. The molecule has 0 spiro atoms. The lowest BCUT2D eigenvalue weighted by atomic mass is 10.1. The van der Waals surface area contributed by atoms with Gasteiger partial charge in [-0.3, -0.25) is 4.79 Å². The Bertz CT molecular complexity index is 1100. The Morgan fingerprint density at radius 3 is 2.66 bits per heavy atom. The number of carbonyl (C=O) groups excluding carboxylic acids is 1. The standard InChI is InChI=1S/C24H24N4O/c1-17-6-8-18(9-7-17)14-24(29)28-20-10-11-23(27-16-20)25-13-12-19-15-26-22-5-3-2-4-21(19)22/h2-11,15-16,26H,12-14H2,1H3,(H,25,27)(H,28,29). The highest BCUT2D eigenvalue weighted by molar-refractivity contribution is 5.92. The number of H-pyrrole nitrogens is 1. The third-order valence-corrected chi connectivity index (χ3v) is 4.91. The van der Waals surface area contributed by atoms with Crippen molar-refractivity contribution < 1.29 is 4.79 Å². The second-order valence-electron chi connectivity index (χ2n) is 7.18. The Morgan fingerprint density at radius 1 is 1.03 bits per heavy atom. The molecule has 2 aromatic heterocycles. The molecule has 0 atom stereocenters. The maximum absolute atomic E-state index is 12.2. The first-order chi connectivity index (χ1) is 14.2. The molecule has 3 N–H and O–H groups in total. The maximum Gasteiger partial charge on any atom is 0.228 e. The number of nitrogens with one attached hydrogen (secondary N) is 3. The van der Waals surface area contributed by atoms with Crippen molar-refractivity contribution in [2.24, 2.45) is 0 Å². The first-order valence-corrected chi connectivity index (χ1v) is 9.78. The van der Waals surface area contributed by atoms with E-state index in [1.54, 1.807) is 6.20 Å². The number of aromatic nitrogens is 2. The van der Waals surface area contributed by atoms with E-state index in [0.29, 0.717) is 12.1 Å². The summed E-state index contributed by atoms with van der Waals surface area (Å²) in [7, 11) is 0. The number of benzene rings is 2. The lowest BCUT2D eigenvalue weighted by Crippen LogP contribution is -2.14. The normalized spacial score (nSPS) is 10.8. The van der Waals surface area contributed by atoms with E-state index in [4.69, 9.17) is 0 Å². The highest BCUT2D eigenvalue weighted by Crippen LogP contribution is 2.18. The van der Waals surface area contributed by atoms with Gasteiger partial charge in [0.15, 0.2) is 0 Å². The van der Waals surface area contributed by atoms with Crippen molar-refractivity contribution in [2.45, 2.75) is 19.8 Å². The number of nitrogens with zero attached hydrogens (tertiary/aromatic N) is 1. The van der Waals surface area contributed by atoms with E-state index < -0.39 is 0 Å². The van der Waals surface area contributed by atoms with Crippen LogP contribution in [0.3, 0.4) is 0 Å². The molecule has 5 heteroatoms. The molecule has 0 radical (unpaired) electrons. The molecule has 0 fully saturated rings. The third-order valence-electron chi connectivity index (χ3n) is 4.91. The fourth-order valence-electron chi connectivity index (χ4n) is 3.33. The number of anilines is 2. The average Bonchev–Trinajstić information content (AvgIpc) is 3.14. The molecular weight excluding hydrogens is 360 g/mol. The van der Waals surface area contributed by atoms with Crippen LogP contribution >= 0.6 is 0 Å². The first-order valence-electron chi connectivity index (χ1n) is 9.78. The van der Waals surface area contributed by atoms with Gasteiger partial charge in [-0.25, -0.2) is 4.98 Å². The Balaban J connectivity index is 1.27. The fraction of sp³-hybridized carbons (Fsp3) is 0.167. The van der Waals surface area contributed by atoms with Gasteiger partial charge in [0.1, 0.15) is 5.82 Å². The van der Waals surface area contributed by atoms with Gasteiger partial charge in [0.05, 0.1) is 18.3 Å². The van der Waals surface area contributed by atoms with Gasteiger partial charge in [0, 0.05) is 23.6 Å². The highest BCUT2D eigenvalue weighted by atomic mass is 16.1. The summed E-state index contributed by atoms with van der Waals surface area (Å²) in [5.41, 5.74) is 5.33. The summed E-state index contributed by atoms with van der Waals surface area (Å²) < 4.78 is 0. The van der Waals surface area contributed by atoms with Crippen LogP contribution in [0.1, 0.15) is 16.7 Å². The molecule has 2 aromatic carbocycles. The van der Waals surface area contributed by atoms with Gasteiger partial charge in [-0.1, -0.05) is 48.0 Å². The van der Waals surface area contributed by atoms with Gasteiger partial charge in [-0.05, 0) is 42.7 Å². The number of hydrogen-bond donors (Lipinski definition) is 3. The number of aryl methyl sites for hydroxylation is 1. The minimum Gasteiger partial charge on any atom is -0.370 e. The predicted molar refractivity (Wildman–Crippen MR) is 118 cm³/mol. The fourth-order valence-corrected chi connectivity index (χ4v) is 3.33. The van der Waals surface area contributed by atoms with Gasteiger partial charge >= 0.3 is 0 Å². The number of hydrogen-bond acceptors (Lipinski definition) is 3. The van der Waals surface area contributed by atoms with Crippen LogP contribution in [0.15, 0.2) is 73.1 Å². The summed E-state index contributed by atoms with van der Waals surface area (Å²) in [6, 6.07) is 20.0. The van der Waals surface area contributed by atoms with E-state index in [1.807, 2.05) is 49.4 Å². The molecule has 29 heavy (non-hydrogen) atoms. The largest absolute Gasteiger partial charge is 0.370 e.